The SMILES string of the molecule is C/C=C1/OC(C)(C)OC(=O)/C1=C/CC. The molecule has 1 aliphatic heterocycles. The van der Waals surface area contributed by atoms with Crippen molar-refractivity contribution in [2.45, 2.75) is 39.9 Å². The Morgan fingerprint density at radius 3 is 2.50 bits per heavy atom. The highest BCUT2D eigenvalue weighted by Gasteiger charge is 2.35. The lowest BCUT2D eigenvalue weighted by molar-refractivity contribution is -0.208. The van der Waals surface area contributed by atoms with Gasteiger partial charge in [-0.2, -0.15) is 0 Å². The summed E-state index contributed by atoms with van der Waals surface area (Å²) in [7, 11) is 0. The minimum Gasteiger partial charge on any atom is -0.452 e. The van der Waals surface area contributed by atoms with E-state index in [0.717, 1.165) is 6.42 Å². The quantitative estimate of drug-likeness (QED) is 0.477. The highest BCUT2D eigenvalue weighted by molar-refractivity contribution is 5.93. The Morgan fingerprint density at radius 1 is 1.36 bits per heavy atom. The number of carbonyl (C=O) groups excluding carboxylic acids is 1. The van der Waals surface area contributed by atoms with Crippen molar-refractivity contribution in [1.82, 2.24) is 0 Å². The molecule has 3 nitrogen and oxygen atoms in total. The van der Waals surface area contributed by atoms with Crippen LogP contribution in [-0.2, 0) is 14.3 Å². The lowest BCUT2D eigenvalue weighted by atomic mass is 10.1. The van der Waals surface area contributed by atoms with Crippen molar-refractivity contribution in [2.24, 2.45) is 0 Å². The van der Waals surface area contributed by atoms with E-state index in [1.165, 1.54) is 0 Å². The van der Waals surface area contributed by atoms with Gasteiger partial charge in [0.2, 0.25) is 5.79 Å². The van der Waals surface area contributed by atoms with Gasteiger partial charge in [-0.05, 0) is 19.4 Å². The first-order valence-corrected chi connectivity index (χ1v) is 4.79. The monoisotopic (exact) mass is 196 g/mol. The minimum atomic E-state index is -0.857. The molecule has 0 aromatic carbocycles. The maximum absolute atomic E-state index is 11.6. The fraction of sp³-hybridized carbons (Fsp3) is 0.545. The van der Waals surface area contributed by atoms with Crippen LogP contribution in [0.15, 0.2) is 23.5 Å². The molecule has 0 aliphatic carbocycles. The molecule has 3 heteroatoms. The molecule has 78 valence electrons. The molecule has 1 rings (SSSR count). The van der Waals surface area contributed by atoms with E-state index in [2.05, 4.69) is 0 Å². The number of carbonyl (C=O) groups is 1. The molecule has 0 saturated carbocycles. The van der Waals surface area contributed by atoms with Gasteiger partial charge in [0.1, 0.15) is 5.76 Å². The van der Waals surface area contributed by atoms with E-state index in [-0.39, 0.29) is 5.97 Å². The summed E-state index contributed by atoms with van der Waals surface area (Å²) in [5.41, 5.74) is 0.523. The molecule has 0 bridgehead atoms. The summed E-state index contributed by atoms with van der Waals surface area (Å²) >= 11 is 0. The second kappa shape index (κ2) is 3.86. The van der Waals surface area contributed by atoms with Crippen LogP contribution in [0.3, 0.4) is 0 Å². The highest BCUT2D eigenvalue weighted by Crippen LogP contribution is 2.29. The third-order valence-electron chi connectivity index (χ3n) is 1.85. The summed E-state index contributed by atoms with van der Waals surface area (Å²) in [4.78, 5) is 11.6. The largest absolute Gasteiger partial charge is 0.452 e. The van der Waals surface area contributed by atoms with Gasteiger partial charge in [-0.15, -0.1) is 0 Å². The molecule has 0 aromatic rings. The maximum Gasteiger partial charge on any atom is 0.344 e. The molecule has 1 aliphatic rings. The van der Waals surface area contributed by atoms with Crippen LogP contribution in [0.5, 0.6) is 0 Å². The predicted octanol–water partition coefficient (Wildman–Crippen LogP) is 2.54. The van der Waals surface area contributed by atoms with E-state index in [4.69, 9.17) is 9.47 Å². The van der Waals surface area contributed by atoms with E-state index >= 15 is 0 Å². The Balaban J connectivity index is 3.00. The van der Waals surface area contributed by atoms with Crippen LogP contribution < -0.4 is 0 Å². The Bertz CT molecular complexity index is 298. The van der Waals surface area contributed by atoms with E-state index in [0.29, 0.717) is 11.3 Å². The van der Waals surface area contributed by atoms with Gasteiger partial charge in [-0.3, -0.25) is 0 Å². The Kier molecular flexibility index (Phi) is 2.99. The lowest BCUT2D eigenvalue weighted by Crippen LogP contribution is -2.37. The first-order valence-electron chi connectivity index (χ1n) is 4.79. The van der Waals surface area contributed by atoms with Gasteiger partial charge < -0.3 is 9.47 Å². The molecule has 0 unspecified atom stereocenters. The van der Waals surface area contributed by atoms with Gasteiger partial charge >= 0.3 is 5.97 Å². The van der Waals surface area contributed by atoms with Crippen LogP contribution >= 0.6 is 0 Å². The van der Waals surface area contributed by atoms with Gasteiger partial charge in [0.15, 0.2) is 0 Å². The topological polar surface area (TPSA) is 35.5 Å². The van der Waals surface area contributed by atoms with Gasteiger partial charge in [0.25, 0.3) is 0 Å². The van der Waals surface area contributed by atoms with Crippen molar-refractivity contribution in [3.63, 3.8) is 0 Å². The second-order valence-electron chi connectivity index (χ2n) is 3.57. The molecule has 0 N–H and O–H groups in total. The molecular formula is C11H16O3. The van der Waals surface area contributed by atoms with Gasteiger partial charge in [-0.1, -0.05) is 13.0 Å². The molecule has 0 spiro atoms. The van der Waals surface area contributed by atoms with Crippen molar-refractivity contribution >= 4 is 5.97 Å². The van der Waals surface area contributed by atoms with Crippen LogP contribution in [0.1, 0.15) is 34.1 Å². The number of esters is 1. The minimum absolute atomic E-state index is 0.309. The third-order valence-corrected chi connectivity index (χ3v) is 1.85. The van der Waals surface area contributed by atoms with Gasteiger partial charge in [0, 0.05) is 13.8 Å². The van der Waals surface area contributed by atoms with Crippen molar-refractivity contribution in [3.8, 4) is 0 Å². The molecule has 0 aromatic heterocycles. The maximum atomic E-state index is 11.6. The Morgan fingerprint density at radius 2 is 2.00 bits per heavy atom. The zero-order chi connectivity index (χ0) is 10.8. The summed E-state index contributed by atoms with van der Waals surface area (Å²) in [6, 6.07) is 0. The summed E-state index contributed by atoms with van der Waals surface area (Å²) < 4.78 is 10.6. The first kappa shape index (κ1) is 10.8. The van der Waals surface area contributed by atoms with Crippen LogP contribution in [0.25, 0.3) is 0 Å². The summed E-state index contributed by atoms with van der Waals surface area (Å²) in [6.07, 6.45) is 4.38. The second-order valence-corrected chi connectivity index (χ2v) is 3.57. The average Bonchev–Trinajstić information content (AvgIpc) is 2.08. The smallest absolute Gasteiger partial charge is 0.344 e. The Labute approximate surface area is 84.4 Å². The Hall–Kier alpha value is -1.25. The van der Waals surface area contributed by atoms with E-state index in [1.807, 2.05) is 19.9 Å². The van der Waals surface area contributed by atoms with Crippen LogP contribution in [0.4, 0.5) is 0 Å². The number of ether oxygens (including phenoxy) is 2. The molecule has 0 radical (unpaired) electrons. The van der Waals surface area contributed by atoms with Crippen molar-refractivity contribution in [1.29, 1.82) is 0 Å². The van der Waals surface area contributed by atoms with Crippen molar-refractivity contribution < 1.29 is 14.3 Å². The fourth-order valence-electron chi connectivity index (χ4n) is 1.32. The molecule has 14 heavy (non-hydrogen) atoms. The molecule has 0 atom stereocenters. The lowest BCUT2D eigenvalue weighted by Gasteiger charge is -2.33. The van der Waals surface area contributed by atoms with E-state index in [9.17, 15) is 4.79 Å². The van der Waals surface area contributed by atoms with Crippen LogP contribution in [0, 0.1) is 0 Å². The summed E-state index contributed by atoms with van der Waals surface area (Å²) in [6.45, 7) is 7.25. The molecular weight excluding hydrogens is 180 g/mol. The standard InChI is InChI=1S/C11H16O3/c1-5-7-8-9(6-2)13-11(3,4)14-10(8)12/h6-7H,5H2,1-4H3/b8-7+,9-6+. The molecule has 0 amide bonds. The van der Waals surface area contributed by atoms with Crippen molar-refractivity contribution in [2.75, 3.05) is 0 Å². The third kappa shape index (κ3) is 2.16. The van der Waals surface area contributed by atoms with Crippen molar-refractivity contribution in [3.05, 3.63) is 23.5 Å². The molecule has 1 heterocycles. The summed E-state index contributed by atoms with van der Waals surface area (Å²) in [5, 5.41) is 0. The highest BCUT2D eigenvalue weighted by atomic mass is 16.7. The number of allylic oxidation sites excluding steroid dienone is 2. The van der Waals surface area contributed by atoms with Gasteiger partial charge in [0.05, 0.1) is 5.57 Å². The number of rotatable bonds is 1. The van der Waals surface area contributed by atoms with E-state index in [1.54, 1.807) is 19.9 Å². The number of hydrogen-bond donors (Lipinski definition) is 0. The normalized spacial score (nSPS) is 26.1. The van der Waals surface area contributed by atoms with Crippen LogP contribution in [-0.4, -0.2) is 11.8 Å². The summed E-state index contributed by atoms with van der Waals surface area (Å²) in [5.74, 6) is -0.561. The predicted molar refractivity (Wildman–Crippen MR) is 53.4 cm³/mol. The molecule has 1 saturated heterocycles. The number of cyclic esters (lactones) is 1. The number of hydrogen-bond acceptors (Lipinski definition) is 3. The van der Waals surface area contributed by atoms with Crippen LogP contribution in [0.2, 0.25) is 0 Å². The zero-order valence-corrected chi connectivity index (χ0v) is 9.09. The fourth-order valence-corrected chi connectivity index (χ4v) is 1.32. The zero-order valence-electron chi connectivity index (χ0n) is 9.09. The first-order chi connectivity index (χ1) is 6.50. The average molecular weight is 196 g/mol. The van der Waals surface area contributed by atoms with E-state index < -0.39 is 5.79 Å². The van der Waals surface area contributed by atoms with Gasteiger partial charge in [-0.25, -0.2) is 4.79 Å². The molecule has 1 fully saturated rings.